The average Bonchev–Trinajstić information content (AvgIpc) is 2.96. The Morgan fingerprint density at radius 2 is 1.59 bits per heavy atom. The van der Waals surface area contributed by atoms with E-state index < -0.39 is 0 Å². The highest BCUT2D eigenvalue weighted by Gasteiger charge is 2.34. The number of fused-ring (bicyclic) bond motifs is 5. The molecule has 186 valence electrons. The molecule has 0 radical (unpaired) electrons. The topological polar surface area (TPSA) is 55.5 Å². The Balaban J connectivity index is 1.52. The number of aliphatic hydroxyl groups is 1. The van der Waals surface area contributed by atoms with E-state index in [-0.39, 0.29) is 12.5 Å². The second kappa shape index (κ2) is 10.5. The quantitative estimate of drug-likeness (QED) is 0.244. The molecule has 3 N–H and O–H groups in total. The average molecular weight is 488 g/mol. The normalized spacial score (nSPS) is 17.2. The van der Waals surface area contributed by atoms with Gasteiger partial charge in [-0.2, -0.15) is 0 Å². The van der Waals surface area contributed by atoms with E-state index >= 15 is 0 Å². The van der Waals surface area contributed by atoms with E-state index in [9.17, 15) is 5.11 Å². The second-order valence-electron chi connectivity index (χ2n) is 10.1. The summed E-state index contributed by atoms with van der Waals surface area (Å²) in [6, 6.07) is 34.2. The number of ether oxygens (including phenoxy) is 1. The number of benzene rings is 5. The van der Waals surface area contributed by atoms with Gasteiger partial charge in [-0.1, -0.05) is 91.0 Å². The van der Waals surface area contributed by atoms with Gasteiger partial charge in [-0.3, -0.25) is 0 Å². The fourth-order valence-electron chi connectivity index (χ4n) is 6.37. The highest BCUT2D eigenvalue weighted by molar-refractivity contribution is 6.10. The molecule has 0 spiro atoms. The van der Waals surface area contributed by atoms with Crippen LogP contribution in [-0.4, -0.2) is 11.7 Å². The third kappa shape index (κ3) is 4.44. The third-order valence-electron chi connectivity index (χ3n) is 8.07. The SMILES string of the molecule is NCc1ccccc1C1CCc2ccc3c(c(CO)cc4ccccc43)c2C1COCc1ccccc1. The Kier molecular flexibility index (Phi) is 6.75. The zero-order chi connectivity index (χ0) is 25.2. The fraction of sp³-hybridized carbons (Fsp3) is 0.235. The smallest absolute Gasteiger partial charge is 0.0717 e. The first-order valence-electron chi connectivity index (χ1n) is 13.2. The summed E-state index contributed by atoms with van der Waals surface area (Å²) in [6.45, 7) is 1.74. The van der Waals surface area contributed by atoms with Crippen molar-refractivity contribution >= 4 is 21.5 Å². The molecule has 37 heavy (non-hydrogen) atoms. The van der Waals surface area contributed by atoms with E-state index in [1.807, 2.05) is 6.07 Å². The molecule has 5 aromatic rings. The Hall–Kier alpha value is -3.50. The van der Waals surface area contributed by atoms with Crippen LogP contribution in [0.3, 0.4) is 0 Å². The molecule has 0 saturated heterocycles. The van der Waals surface area contributed by atoms with Crippen molar-refractivity contribution in [2.45, 2.75) is 44.4 Å². The molecule has 0 aliphatic heterocycles. The van der Waals surface area contributed by atoms with Crippen molar-refractivity contribution in [3.63, 3.8) is 0 Å². The maximum absolute atomic E-state index is 10.5. The number of nitrogens with two attached hydrogens (primary N) is 1. The van der Waals surface area contributed by atoms with Crippen LogP contribution in [0, 0.1) is 0 Å². The van der Waals surface area contributed by atoms with Gasteiger partial charge in [0.2, 0.25) is 0 Å². The number of rotatable bonds is 7. The van der Waals surface area contributed by atoms with E-state index in [4.69, 9.17) is 10.5 Å². The molecule has 0 amide bonds. The van der Waals surface area contributed by atoms with Gasteiger partial charge < -0.3 is 15.6 Å². The van der Waals surface area contributed by atoms with E-state index in [0.29, 0.717) is 25.7 Å². The lowest BCUT2D eigenvalue weighted by Crippen LogP contribution is -2.25. The van der Waals surface area contributed by atoms with Crippen molar-refractivity contribution in [3.05, 3.63) is 130 Å². The first-order chi connectivity index (χ1) is 18.3. The minimum atomic E-state index is 0.0133. The van der Waals surface area contributed by atoms with Gasteiger partial charge in [0.15, 0.2) is 0 Å². The summed E-state index contributed by atoms with van der Waals surface area (Å²) in [5.41, 5.74) is 13.6. The maximum atomic E-state index is 10.5. The van der Waals surface area contributed by atoms with Crippen molar-refractivity contribution in [1.82, 2.24) is 0 Å². The summed E-state index contributed by atoms with van der Waals surface area (Å²) < 4.78 is 6.46. The lowest BCUT2D eigenvalue weighted by atomic mass is 9.69. The molecule has 5 aromatic carbocycles. The van der Waals surface area contributed by atoms with Gasteiger partial charge in [-0.25, -0.2) is 0 Å². The molecule has 0 bridgehead atoms. The van der Waals surface area contributed by atoms with Crippen LogP contribution in [0.5, 0.6) is 0 Å². The zero-order valence-electron chi connectivity index (χ0n) is 21.1. The lowest BCUT2D eigenvalue weighted by molar-refractivity contribution is 0.0973. The molecule has 3 nitrogen and oxygen atoms in total. The number of aryl methyl sites for hydroxylation is 1. The van der Waals surface area contributed by atoms with Crippen LogP contribution in [0.1, 0.15) is 51.6 Å². The number of hydrogen-bond donors (Lipinski definition) is 2. The zero-order valence-corrected chi connectivity index (χ0v) is 21.1. The predicted molar refractivity (Wildman–Crippen MR) is 152 cm³/mol. The second-order valence-corrected chi connectivity index (χ2v) is 10.1. The highest BCUT2D eigenvalue weighted by Crippen LogP contribution is 2.48. The van der Waals surface area contributed by atoms with Crippen molar-refractivity contribution in [2.24, 2.45) is 5.73 Å². The van der Waals surface area contributed by atoms with Gasteiger partial charge in [0, 0.05) is 12.5 Å². The van der Waals surface area contributed by atoms with Crippen LogP contribution < -0.4 is 5.73 Å². The number of hydrogen-bond acceptors (Lipinski definition) is 3. The molecule has 3 heteroatoms. The van der Waals surface area contributed by atoms with E-state index in [0.717, 1.165) is 23.8 Å². The van der Waals surface area contributed by atoms with Gasteiger partial charge in [-0.15, -0.1) is 0 Å². The Bertz CT molecular complexity index is 1540. The fourth-order valence-corrected chi connectivity index (χ4v) is 6.37. The minimum absolute atomic E-state index is 0.0133. The molecule has 2 unspecified atom stereocenters. The summed E-state index contributed by atoms with van der Waals surface area (Å²) in [5, 5.41) is 15.3. The Labute approximate surface area is 218 Å². The molecule has 0 heterocycles. The highest BCUT2D eigenvalue weighted by atomic mass is 16.5. The molecular weight excluding hydrogens is 454 g/mol. The maximum Gasteiger partial charge on any atom is 0.0717 e. The van der Waals surface area contributed by atoms with E-state index in [1.165, 1.54) is 44.0 Å². The molecule has 6 rings (SSSR count). The van der Waals surface area contributed by atoms with Crippen LogP contribution >= 0.6 is 0 Å². The summed E-state index contributed by atoms with van der Waals surface area (Å²) in [5.74, 6) is 0.460. The van der Waals surface area contributed by atoms with E-state index in [2.05, 4.69) is 91.0 Å². The Morgan fingerprint density at radius 1 is 0.811 bits per heavy atom. The van der Waals surface area contributed by atoms with Crippen molar-refractivity contribution in [1.29, 1.82) is 0 Å². The predicted octanol–water partition coefficient (Wildman–Crippen LogP) is 6.97. The van der Waals surface area contributed by atoms with Crippen LogP contribution in [0.2, 0.25) is 0 Å². The van der Waals surface area contributed by atoms with Crippen molar-refractivity contribution in [3.8, 4) is 0 Å². The van der Waals surface area contributed by atoms with Gasteiger partial charge in [0.05, 0.1) is 19.8 Å². The van der Waals surface area contributed by atoms with Gasteiger partial charge in [-0.05, 0) is 79.8 Å². The monoisotopic (exact) mass is 487 g/mol. The summed E-state index contributed by atoms with van der Waals surface area (Å²) in [4.78, 5) is 0. The molecule has 0 aromatic heterocycles. The summed E-state index contributed by atoms with van der Waals surface area (Å²) >= 11 is 0. The van der Waals surface area contributed by atoms with Gasteiger partial charge in [0.1, 0.15) is 0 Å². The van der Waals surface area contributed by atoms with E-state index in [1.54, 1.807) is 0 Å². The Morgan fingerprint density at radius 3 is 2.43 bits per heavy atom. The van der Waals surface area contributed by atoms with Gasteiger partial charge >= 0.3 is 0 Å². The van der Waals surface area contributed by atoms with Crippen LogP contribution in [0.15, 0.2) is 97.1 Å². The summed E-state index contributed by atoms with van der Waals surface area (Å²) in [6.07, 6.45) is 2.05. The molecule has 2 atom stereocenters. The van der Waals surface area contributed by atoms with Crippen LogP contribution in [0.4, 0.5) is 0 Å². The van der Waals surface area contributed by atoms with Crippen molar-refractivity contribution < 1.29 is 9.84 Å². The molecule has 1 aliphatic rings. The molecular formula is C34H33NO2. The van der Waals surface area contributed by atoms with Crippen LogP contribution in [0.25, 0.3) is 21.5 Å². The first-order valence-corrected chi connectivity index (χ1v) is 13.2. The minimum Gasteiger partial charge on any atom is -0.392 e. The molecule has 0 saturated carbocycles. The van der Waals surface area contributed by atoms with Gasteiger partial charge in [0.25, 0.3) is 0 Å². The molecule has 1 aliphatic carbocycles. The third-order valence-corrected chi connectivity index (χ3v) is 8.07. The standard InChI is InChI=1S/C34H33NO2/c35-19-26-11-5-7-13-29(26)30-16-14-24-15-17-31-28-12-6-4-10-25(28)18-27(20-36)34(31)33(24)32(30)22-37-21-23-8-2-1-3-9-23/h1-13,15,17-18,30,32,36H,14,16,19-22,35H2. The largest absolute Gasteiger partial charge is 0.392 e. The van der Waals surface area contributed by atoms with Crippen LogP contribution in [-0.2, 0) is 30.9 Å². The molecule has 0 fully saturated rings. The van der Waals surface area contributed by atoms with Crippen molar-refractivity contribution in [2.75, 3.05) is 6.61 Å². The number of aliphatic hydroxyl groups excluding tert-OH is 1. The summed E-state index contributed by atoms with van der Waals surface area (Å²) in [7, 11) is 0. The lowest BCUT2D eigenvalue weighted by Gasteiger charge is -2.36. The first kappa shape index (κ1) is 23.9.